The molecule has 0 aromatic heterocycles. The number of alkyl halides is 4. The highest BCUT2D eigenvalue weighted by molar-refractivity contribution is 5.81. The normalized spacial score (nSPS) is 19.4. The van der Waals surface area contributed by atoms with Crippen LogP contribution in [-0.2, 0) is 4.79 Å². The number of rotatable bonds is 5. The summed E-state index contributed by atoms with van der Waals surface area (Å²) in [5, 5.41) is 2.20. The maximum atomic E-state index is 12.7. The van der Waals surface area contributed by atoms with Crippen LogP contribution in [0.4, 0.5) is 17.6 Å². The number of carbonyl (C=O) groups is 1. The Balaban J connectivity index is 2.43. The molecule has 112 valence electrons. The van der Waals surface area contributed by atoms with Crippen LogP contribution in [0, 0.1) is 0 Å². The fraction of sp³-hybridized carbons (Fsp3) is 0.917. The van der Waals surface area contributed by atoms with Gasteiger partial charge in [-0.15, -0.1) is 0 Å². The molecule has 0 aliphatic carbocycles. The van der Waals surface area contributed by atoms with Gasteiger partial charge in [-0.2, -0.15) is 8.78 Å². The number of nitrogens with zero attached hydrogens (tertiary/aromatic N) is 1. The minimum atomic E-state index is -4.10. The topological polar surface area (TPSA) is 32.3 Å². The molecule has 0 bridgehead atoms. The Morgan fingerprint density at radius 1 is 1.21 bits per heavy atom. The third-order valence-electron chi connectivity index (χ3n) is 3.25. The van der Waals surface area contributed by atoms with E-state index in [0.717, 1.165) is 25.7 Å². The summed E-state index contributed by atoms with van der Waals surface area (Å²) in [6.45, 7) is 1.45. The van der Waals surface area contributed by atoms with Gasteiger partial charge in [0.15, 0.2) is 0 Å². The van der Waals surface area contributed by atoms with E-state index in [-0.39, 0.29) is 5.91 Å². The van der Waals surface area contributed by atoms with E-state index in [1.54, 1.807) is 4.90 Å². The number of halogens is 4. The van der Waals surface area contributed by atoms with Crippen LogP contribution in [0.25, 0.3) is 0 Å². The minimum Gasteiger partial charge on any atom is -0.341 e. The Kier molecular flexibility index (Phi) is 6.03. The predicted octanol–water partition coefficient (Wildman–Crippen LogP) is 2.27. The number of amides is 1. The van der Waals surface area contributed by atoms with E-state index in [1.165, 1.54) is 6.92 Å². The number of hydrogen-bond donors (Lipinski definition) is 1. The van der Waals surface area contributed by atoms with Gasteiger partial charge in [-0.05, 0) is 19.8 Å². The van der Waals surface area contributed by atoms with Gasteiger partial charge in [-0.3, -0.25) is 4.79 Å². The van der Waals surface area contributed by atoms with E-state index in [4.69, 9.17) is 0 Å². The van der Waals surface area contributed by atoms with Crippen molar-refractivity contribution < 1.29 is 22.4 Å². The summed E-state index contributed by atoms with van der Waals surface area (Å²) in [4.78, 5) is 13.6. The van der Waals surface area contributed by atoms with Crippen LogP contribution in [0.2, 0.25) is 0 Å². The van der Waals surface area contributed by atoms with Gasteiger partial charge in [0.1, 0.15) is 0 Å². The van der Waals surface area contributed by atoms with Crippen molar-refractivity contribution in [3.63, 3.8) is 0 Å². The van der Waals surface area contributed by atoms with Crippen LogP contribution < -0.4 is 5.32 Å². The summed E-state index contributed by atoms with van der Waals surface area (Å²) in [6.07, 6.45) is 0.169. The fourth-order valence-electron chi connectivity index (χ4n) is 2.02. The average Bonchev–Trinajstić information content (AvgIpc) is 2.63. The summed E-state index contributed by atoms with van der Waals surface area (Å²) in [6, 6.07) is -0.872. The van der Waals surface area contributed by atoms with Crippen LogP contribution in [0.5, 0.6) is 0 Å². The second-order valence-corrected chi connectivity index (χ2v) is 4.90. The number of hydrogen-bond acceptors (Lipinski definition) is 2. The zero-order valence-corrected chi connectivity index (χ0v) is 11.0. The monoisotopic (exact) mass is 284 g/mol. The lowest BCUT2D eigenvalue weighted by atomic mass is 10.2. The number of carbonyl (C=O) groups excluding carboxylic acids is 1. The molecule has 1 fully saturated rings. The van der Waals surface area contributed by atoms with Crippen molar-refractivity contribution in [3.8, 4) is 0 Å². The molecule has 0 saturated carbocycles. The molecular formula is C12H20F4N2O. The van der Waals surface area contributed by atoms with Gasteiger partial charge >= 0.3 is 12.3 Å². The highest BCUT2D eigenvalue weighted by atomic mass is 19.3. The van der Waals surface area contributed by atoms with E-state index in [2.05, 4.69) is 5.32 Å². The number of nitrogens with one attached hydrogen (secondary N) is 1. The molecule has 1 amide bonds. The first-order valence-electron chi connectivity index (χ1n) is 6.53. The fourth-order valence-corrected chi connectivity index (χ4v) is 2.02. The summed E-state index contributed by atoms with van der Waals surface area (Å²) >= 11 is 0. The smallest absolute Gasteiger partial charge is 0.319 e. The summed E-state index contributed by atoms with van der Waals surface area (Å²) < 4.78 is 49.5. The Morgan fingerprint density at radius 3 is 2.21 bits per heavy atom. The second kappa shape index (κ2) is 7.07. The third-order valence-corrected chi connectivity index (χ3v) is 3.25. The SMILES string of the molecule is CC(NCC(F)(F)C(F)F)C(=O)N1CCCCCC1. The van der Waals surface area contributed by atoms with Gasteiger partial charge in [0.25, 0.3) is 0 Å². The minimum absolute atomic E-state index is 0.299. The predicted molar refractivity (Wildman–Crippen MR) is 63.5 cm³/mol. The maximum absolute atomic E-state index is 12.7. The largest absolute Gasteiger partial charge is 0.341 e. The first kappa shape index (κ1) is 16.2. The highest BCUT2D eigenvalue weighted by Gasteiger charge is 2.41. The van der Waals surface area contributed by atoms with Crippen LogP contribution >= 0.6 is 0 Å². The van der Waals surface area contributed by atoms with Gasteiger partial charge in [-0.1, -0.05) is 12.8 Å². The molecule has 0 aromatic rings. The second-order valence-electron chi connectivity index (χ2n) is 4.90. The van der Waals surface area contributed by atoms with E-state index in [9.17, 15) is 22.4 Å². The molecule has 1 atom stereocenters. The molecular weight excluding hydrogens is 264 g/mol. The molecule has 7 heteroatoms. The molecule has 1 aliphatic rings. The molecule has 0 radical (unpaired) electrons. The van der Waals surface area contributed by atoms with Crippen LogP contribution in [0.3, 0.4) is 0 Å². The van der Waals surface area contributed by atoms with Crippen molar-refractivity contribution in [2.24, 2.45) is 0 Å². The van der Waals surface area contributed by atoms with Crippen molar-refractivity contribution in [3.05, 3.63) is 0 Å². The lowest BCUT2D eigenvalue weighted by Gasteiger charge is -2.26. The molecule has 1 rings (SSSR count). The Morgan fingerprint density at radius 2 is 1.74 bits per heavy atom. The molecule has 0 spiro atoms. The molecule has 19 heavy (non-hydrogen) atoms. The van der Waals surface area contributed by atoms with Crippen molar-refractivity contribution in [1.82, 2.24) is 10.2 Å². The first-order chi connectivity index (χ1) is 8.84. The van der Waals surface area contributed by atoms with E-state index in [0.29, 0.717) is 13.1 Å². The molecule has 3 nitrogen and oxygen atoms in total. The molecule has 1 aliphatic heterocycles. The van der Waals surface area contributed by atoms with Crippen LogP contribution in [0.1, 0.15) is 32.6 Å². The van der Waals surface area contributed by atoms with E-state index < -0.39 is 24.9 Å². The van der Waals surface area contributed by atoms with Gasteiger partial charge in [0.2, 0.25) is 5.91 Å². The molecule has 1 heterocycles. The standard InChI is InChI=1S/C12H20F4N2O/c1-9(17-8-12(15,16)11(13)14)10(19)18-6-4-2-3-5-7-18/h9,11,17H,2-8H2,1H3. The van der Waals surface area contributed by atoms with Crippen molar-refractivity contribution >= 4 is 5.91 Å². The quantitative estimate of drug-likeness (QED) is 0.785. The van der Waals surface area contributed by atoms with E-state index >= 15 is 0 Å². The first-order valence-corrected chi connectivity index (χ1v) is 6.53. The Hall–Kier alpha value is -0.850. The third kappa shape index (κ3) is 4.97. The summed E-state index contributed by atoms with van der Waals surface area (Å²) in [7, 11) is 0. The van der Waals surface area contributed by atoms with Crippen LogP contribution in [0.15, 0.2) is 0 Å². The maximum Gasteiger partial charge on any atom is 0.319 e. The van der Waals surface area contributed by atoms with Crippen molar-refractivity contribution in [2.45, 2.75) is 51.0 Å². The lowest BCUT2D eigenvalue weighted by molar-refractivity contribution is -0.137. The van der Waals surface area contributed by atoms with Gasteiger partial charge < -0.3 is 10.2 Å². The van der Waals surface area contributed by atoms with Gasteiger partial charge in [-0.25, -0.2) is 8.78 Å². The zero-order chi connectivity index (χ0) is 14.5. The van der Waals surface area contributed by atoms with Crippen molar-refractivity contribution in [1.29, 1.82) is 0 Å². The number of likely N-dealkylation sites (tertiary alicyclic amines) is 1. The summed E-state index contributed by atoms with van der Waals surface area (Å²) in [5.74, 6) is -4.40. The van der Waals surface area contributed by atoms with Crippen molar-refractivity contribution in [2.75, 3.05) is 19.6 Å². The van der Waals surface area contributed by atoms with Crippen LogP contribution in [-0.4, -0.2) is 48.8 Å². The molecule has 1 saturated heterocycles. The van der Waals surface area contributed by atoms with Gasteiger partial charge in [0.05, 0.1) is 12.6 Å². The molecule has 1 unspecified atom stereocenters. The van der Waals surface area contributed by atoms with Gasteiger partial charge in [0, 0.05) is 13.1 Å². The molecule has 1 N–H and O–H groups in total. The Bertz CT molecular complexity index is 291. The highest BCUT2D eigenvalue weighted by Crippen LogP contribution is 2.21. The zero-order valence-electron chi connectivity index (χ0n) is 11.0. The molecule has 0 aromatic carbocycles. The Labute approximate surface area is 110 Å². The average molecular weight is 284 g/mol. The van der Waals surface area contributed by atoms with E-state index in [1.807, 2.05) is 0 Å². The lowest BCUT2D eigenvalue weighted by Crippen LogP contribution is -2.49. The summed E-state index contributed by atoms with van der Waals surface area (Å²) in [5.41, 5.74) is 0.